The number of pyridine rings is 1. The minimum Gasteiger partial charge on any atom is -0.480 e. The first-order chi connectivity index (χ1) is 9.90. The lowest BCUT2D eigenvalue weighted by molar-refractivity contribution is -0.140. The van der Waals surface area contributed by atoms with Crippen LogP contribution in [0.1, 0.15) is 24.2 Å². The number of carboxylic acid groups (broad SMARTS) is 1. The third kappa shape index (κ3) is 3.31. The molecular formula is C15H15ClN2O3. The fraction of sp³-hybridized carbons (Fsp3) is 0.267. The van der Waals surface area contributed by atoms with Gasteiger partial charge in [0.05, 0.1) is 11.1 Å². The zero-order chi connectivity index (χ0) is 15.6. The van der Waals surface area contributed by atoms with E-state index in [9.17, 15) is 9.59 Å². The van der Waals surface area contributed by atoms with Crippen molar-refractivity contribution >= 4 is 34.4 Å². The van der Waals surface area contributed by atoms with E-state index in [2.05, 4.69) is 10.3 Å². The number of fused-ring (bicyclic) bond motifs is 1. The predicted molar refractivity (Wildman–Crippen MR) is 80.5 cm³/mol. The summed E-state index contributed by atoms with van der Waals surface area (Å²) in [6.45, 7) is 3.47. The molecule has 0 aliphatic carbocycles. The van der Waals surface area contributed by atoms with E-state index in [4.69, 9.17) is 16.7 Å². The highest BCUT2D eigenvalue weighted by Gasteiger charge is 2.25. The Labute approximate surface area is 126 Å². The monoisotopic (exact) mass is 306 g/mol. The van der Waals surface area contributed by atoms with E-state index >= 15 is 0 Å². The fourth-order valence-corrected chi connectivity index (χ4v) is 2.26. The molecule has 2 aromatic rings. The predicted octanol–water partition coefficient (Wildman–Crippen LogP) is 2.73. The zero-order valence-corrected chi connectivity index (χ0v) is 12.4. The van der Waals surface area contributed by atoms with E-state index in [1.165, 1.54) is 6.07 Å². The second-order valence-electron chi connectivity index (χ2n) is 5.04. The van der Waals surface area contributed by atoms with Crippen LogP contribution in [0.5, 0.6) is 0 Å². The van der Waals surface area contributed by atoms with E-state index in [-0.39, 0.29) is 11.1 Å². The number of nitrogens with zero attached hydrogens (tertiary/aromatic N) is 1. The van der Waals surface area contributed by atoms with Gasteiger partial charge in [0.15, 0.2) is 0 Å². The molecule has 1 aromatic heterocycles. The molecule has 110 valence electrons. The normalized spacial score (nSPS) is 12.4. The standard InChI is InChI=1S/C15H15ClN2O3/c1-8(2)13(15(20)21)18-14(19)10-7-12(16)17-11-6-4-3-5-9(10)11/h3-8,13H,1-2H3,(H,18,19)(H,20,21)/t13-/m1/s1. The fourth-order valence-electron chi connectivity index (χ4n) is 2.06. The highest BCUT2D eigenvalue weighted by atomic mass is 35.5. The summed E-state index contributed by atoms with van der Waals surface area (Å²) in [5, 5.41) is 12.5. The van der Waals surface area contributed by atoms with Crippen LogP contribution < -0.4 is 5.32 Å². The molecule has 5 nitrogen and oxygen atoms in total. The molecule has 0 unspecified atom stereocenters. The third-order valence-corrected chi connectivity index (χ3v) is 3.34. The molecule has 0 fully saturated rings. The van der Waals surface area contributed by atoms with Crippen LogP contribution in [0.4, 0.5) is 0 Å². The van der Waals surface area contributed by atoms with Gasteiger partial charge in [-0.2, -0.15) is 0 Å². The highest BCUT2D eigenvalue weighted by molar-refractivity contribution is 6.30. The van der Waals surface area contributed by atoms with Crippen molar-refractivity contribution in [2.24, 2.45) is 5.92 Å². The van der Waals surface area contributed by atoms with Gasteiger partial charge in [0.25, 0.3) is 5.91 Å². The van der Waals surface area contributed by atoms with Crippen LogP contribution in [0.25, 0.3) is 10.9 Å². The summed E-state index contributed by atoms with van der Waals surface area (Å²) < 4.78 is 0. The summed E-state index contributed by atoms with van der Waals surface area (Å²) in [5.74, 6) is -1.77. The van der Waals surface area contributed by atoms with E-state index in [0.717, 1.165) is 0 Å². The van der Waals surface area contributed by atoms with Crippen molar-refractivity contribution < 1.29 is 14.7 Å². The molecule has 0 aliphatic rings. The number of carbonyl (C=O) groups is 2. The quantitative estimate of drug-likeness (QED) is 0.851. The van der Waals surface area contributed by atoms with Gasteiger partial charge in [-0.15, -0.1) is 0 Å². The molecule has 0 saturated carbocycles. The molecule has 2 rings (SSSR count). The SMILES string of the molecule is CC(C)[C@@H](NC(=O)c1cc(Cl)nc2ccccc12)C(=O)O. The van der Waals surface area contributed by atoms with Gasteiger partial charge in [-0.3, -0.25) is 4.79 Å². The molecular weight excluding hydrogens is 292 g/mol. The van der Waals surface area contributed by atoms with Crippen LogP contribution in [-0.2, 0) is 4.79 Å². The smallest absolute Gasteiger partial charge is 0.326 e. The molecule has 0 bridgehead atoms. The molecule has 1 atom stereocenters. The van der Waals surface area contributed by atoms with Crippen LogP contribution in [0.3, 0.4) is 0 Å². The Balaban J connectivity index is 2.42. The van der Waals surface area contributed by atoms with Crippen molar-refractivity contribution in [1.82, 2.24) is 10.3 Å². The maximum Gasteiger partial charge on any atom is 0.326 e. The van der Waals surface area contributed by atoms with Crippen LogP contribution >= 0.6 is 11.6 Å². The molecule has 0 spiro atoms. The summed E-state index contributed by atoms with van der Waals surface area (Å²) in [6.07, 6.45) is 0. The Kier molecular flexibility index (Phi) is 4.43. The molecule has 6 heteroatoms. The van der Waals surface area contributed by atoms with E-state index in [1.54, 1.807) is 38.1 Å². The van der Waals surface area contributed by atoms with Gasteiger partial charge in [-0.25, -0.2) is 9.78 Å². The van der Waals surface area contributed by atoms with Gasteiger partial charge in [-0.1, -0.05) is 43.6 Å². The molecule has 1 aromatic carbocycles. The molecule has 21 heavy (non-hydrogen) atoms. The van der Waals surface area contributed by atoms with E-state index in [0.29, 0.717) is 16.5 Å². The summed E-state index contributed by atoms with van der Waals surface area (Å²) >= 11 is 5.92. The minimum atomic E-state index is -1.07. The first kappa shape index (κ1) is 15.3. The Morgan fingerprint density at radius 3 is 2.57 bits per heavy atom. The lowest BCUT2D eigenvalue weighted by atomic mass is 10.0. The number of aromatic nitrogens is 1. The molecule has 0 saturated heterocycles. The number of benzene rings is 1. The van der Waals surface area contributed by atoms with Crippen molar-refractivity contribution in [1.29, 1.82) is 0 Å². The molecule has 2 N–H and O–H groups in total. The van der Waals surface area contributed by atoms with Crippen molar-refractivity contribution in [3.05, 3.63) is 41.0 Å². The average molecular weight is 307 g/mol. The number of carbonyl (C=O) groups excluding carboxylic acids is 1. The van der Waals surface area contributed by atoms with Gasteiger partial charge in [-0.05, 0) is 18.1 Å². The topological polar surface area (TPSA) is 79.3 Å². The molecule has 0 radical (unpaired) electrons. The third-order valence-electron chi connectivity index (χ3n) is 3.15. The van der Waals surface area contributed by atoms with Crippen LogP contribution in [-0.4, -0.2) is 28.0 Å². The number of halogens is 1. The molecule has 1 amide bonds. The van der Waals surface area contributed by atoms with Crippen molar-refractivity contribution in [2.75, 3.05) is 0 Å². The minimum absolute atomic E-state index is 0.190. The summed E-state index contributed by atoms with van der Waals surface area (Å²) in [6, 6.07) is 7.56. The van der Waals surface area contributed by atoms with Gasteiger partial charge in [0, 0.05) is 5.39 Å². The number of nitrogens with one attached hydrogen (secondary N) is 1. The van der Waals surface area contributed by atoms with Gasteiger partial charge < -0.3 is 10.4 Å². The summed E-state index contributed by atoms with van der Waals surface area (Å²) in [5.41, 5.74) is 0.907. The van der Waals surface area contributed by atoms with Gasteiger partial charge in [0.2, 0.25) is 0 Å². The summed E-state index contributed by atoms with van der Waals surface area (Å²) in [4.78, 5) is 27.7. The first-order valence-corrected chi connectivity index (χ1v) is 6.87. The number of amides is 1. The van der Waals surface area contributed by atoms with Crippen LogP contribution in [0, 0.1) is 5.92 Å². The number of rotatable bonds is 4. The largest absolute Gasteiger partial charge is 0.480 e. The average Bonchev–Trinajstić information content (AvgIpc) is 2.42. The van der Waals surface area contributed by atoms with Gasteiger partial charge in [0.1, 0.15) is 11.2 Å². The number of hydrogen-bond acceptors (Lipinski definition) is 3. The van der Waals surface area contributed by atoms with Crippen LogP contribution in [0.15, 0.2) is 30.3 Å². The Hall–Kier alpha value is -2.14. The molecule has 0 aliphatic heterocycles. The van der Waals surface area contributed by atoms with Crippen molar-refractivity contribution in [3.8, 4) is 0 Å². The Morgan fingerprint density at radius 1 is 1.29 bits per heavy atom. The highest BCUT2D eigenvalue weighted by Crippen LogP contribution is 2.21. The van der Waals surface area contributed by atoms with Gasteiger partial charge >= 0.3 is 5.97 Å². The van der Waals surface area contributed by atoms with E-state index < -0.39 is 17.9 Å². The number of carboxylic acids is 1. The zero-order valence-electron chi connectivity index (χ0n) is 11.6. The van der Waals surface area contributed by atoms with Crippen LogP contribution in [0.2, 0.25) is 5.15 Å². The summed E-state index contributed by atoms with van der Waals surface area (Å²) in [7, 11) is 0. The first-order valence-electron chi connectivity index (χ1n) is 6.49. The lowest BCUT2D eigenvalue weighted by Gasteiger charge is -2.18. The lowest BCUT2D eigenvalue weighted by Crippen LogP contribution is -2.44. The maximum atomic E-state index is 12.4. The maximum absolute atomic E-state index is 12.4. The molecule has 1 heterocycles. The van der Waals surface area contributed by atoms with Crippen molar-refractivity contribution in [3.63, 3.8) is 0 Å². The van der Waals surface area contributed by atoms with Crippen molar-refractivity contribution in [2.45, 2.75) is 19.9 Å². The Morgan fingerprint density at radius 2 is 1.95 bits per heavy atom. The number of aliphatic carboxylic acids is 1. The Bertz CT molecular complexity index is 700. The second-order valence-corrected chi connectivity index (χ2v) is 5.43. The second kappa shape index (κ2) is 6.10. The number of para-hydroxylation sites is 1. The number of hydrogen-bond donors (Lipinski definition) is 2. The van der Waals surface area contributed by atoms with E-state index in [1.807, 2.05) is 0 Å².